The summed E-state index contributed by atoms with van der Waals surface area (Å²) < 4.78 is 0. The van der Waals surface area contributed by atoms with E-state index < -0.39 is 5.97 Å². The van der Waals surface area contributed by atoms with Gasteiger partial charge >= 0.3 is 5.97 Å². The van der Waals surface area contributed by atoms with Crippen LogP contribution < -0.4 is 0 Å². The van der Waals surface area contributed by atoms with Crippen molar-refractivity contribution in [2.24, 2.45) is 4.99 Å². The molecule has 0 unspecified atom stereocenters. The largest absolute Gasteiger partial charge is 0.481 e. The SMILES string of the molecule is C=CN=C(C)/C=C\CCC(=O)O. The Bertz CT molecular complexity index is 217. The third-order valence-electron chi connectivity index (χ3n) is 1.18. The summed E-state index contributed by atoms with van der Waals surface area (Å²) >= 11 is 0. The third kappa shape index (κ3) is 6.74. The van der Waals surface area contributed by atoms with Gasteiger partial charge in [0.15, 0.2) is 0 Å². The Hall–Kier alpha value is -1.38. The number of aliphatic carboxylic acids is 1. The first-order valence-electron chi connectivity index (χ1n) is 3.70. The molecule has 0 saturated carbocycles. The zero-order valence-corrected chi connectivity index (χ0v) is 7.16. The van der Waals surface area contributed by atoms with Crippen LogP contribution in [0.4, 0.5) is 0 Å². The molecule has 0 aliphatic heterocycles. The minimum Gasteiger partial charge on any atom is -0.481 e. The van der Waals surface area contributed by atoms with Crippen LogP contribution in [0.25, 0.3) is 0 Å². The number of rotatable bonds is 5. The summed E-state index contributed by atoms with van der Waals surface area (Å²) in [6.07, 6.45) is 5.73. The van der Waals surface area contributed by atoms with Crippen LogP contribution in [0.1, 0.15) is 19.8 Å². The first kappa shape index (κ1) is 10.6. The smallest absolute Gasteiger partial charge is 0.303 e. The number of hydrogen-bond acceptors (Lipinski definition) is 2. The van der Waals surface area contributed by atoms with E-state index in [-0.39, 0.29) is 6.42 Å². The molecule has 0 rings (SSSR count). The molecule has 0 heterocycles. The molecular formula is C9H13NO2. The van der Waals surface area contributed by atoms with Crippen LogP contribution in [0.3, 0.4) is 0 Å². The molecule has 12 heavy (non-hydrogen) atoms. The van der Waals surface area contributed by atoms with Crippen molar-refractivity contribution in [2.45, 2.75) is 19.8 Å². The number of allylic oxidation sites excluding steroid dienone is 2. The Morgan fingerprint density at radius 1 is 1.67 bits per heavy atom. The lowest BCUT2D eigenvalue weighted by molar-refractivity contribution is -0.136. The fourth-order valence-electron chi connectivity index (χ4n) is 0.648. The minimum atomic E-state index is -0.780. The molecule has 0 spiro atoms. The van der Waals surface area contributed by atoms with E-state index in [1.54, 1.807) is 12.2 Å². The minimum absolute atomic E-state index is 0.165. The van der Waals surface area contributed by atoms with Crippen LogP contribution in [0.2, 0.25) is 0 Å². The van der Waals surface area contributed by atoms with Crippen LogP contribution in [-0.2, 0) is 4.79 Å². The van der Waals surface area contributed by atoms with E-state index in [0.717, 1.165) is 5.71 Å². The van der Waals surface area contributed by atoms with E-state index in [0.29, 0.717) is 6.42 Å². The van der Waals surface area contributed by atoms with E-state index in [9.17, 15) is 4.79 Å². The first-order valence-corrected chi connectivity index (χ1v) is 3.70. The Labute approximate surface area is 72.1 Å². The molecule has 66 valence electrons. The monoisotopic (exact) mass is 167 g/mol. The van der Waals surface area contributed by atoms with Crippen molar-refractivity contribution in [1.29, 1.82) is 0 Å². The molecule has 0 atom stereocenters. The van der Waals surface area contributed by atoms with Crippen molar-refractivity contribution in [3.63, 3.8) is 0 Å². The van der Waals surface area contributed by atoms with Gasteiger partial charge in [0.1, 0.15) is 0 Å². The second-order valence-corrected chi connectivity index (χ2v) is 2.29. The lowest BCUT2D eigenvalue weighted by Crippen LogP contribution is -1.92. The highest BCUT2D eigenvalue weighted by Crippen LogP contribution is 1.91. The van der Waals surface area contributed by atoms with Crippen molar-refractivity contribution in [3.8, 4) is 0 Å². The van der Waals surface area contributed by atoms with Crippen molar-refractivity contribution < 1.29 is 9.90 Å². The third-order valence-corrected chi connectivity index (χ3v) is 1.18. The molecule has 0 aromatic rings. The van der Waals surface area contributed by atoms with E-state index in [1.807, 2.05) is 6.92 Å². The average Bonchev–Trinajstić information content (AvgIpc) is 1.98. The van der Waals surface area contributed by atoms with Gasteiger partial charge in [0.05, 0.1) is 0 Å². The van der Waals surface area contributed by atoms with Gasteiger partial charge in [0, 0.05) is 18.3 Å². The Kier molecular flexibility index (Phi) is 5.61. The molecule has 0 aliphatic rings. The highest BCUT2D eigenvalue weighted by Gasteiger charge is 1.91. The number of carboxylic acids is 1. The van der Waals surface area contributed by atoms with Crippen molar-refractivity contribution >= 4 is 11.7 Å². The Balaban J connectivity index is 3.68. The van der Waals surface area contributed by atoms with Gasteiger partial charge in [-0.2, -0.15) is 0 Å². The molecule has 0 bridgehead atoms. The number of hydrogen-bond donors (Lipinski definition) is 1. The topological polar surface area (TPSA) is 49.7 Å². The van der Waals surface area contributed by atoms with Gasteiger partial charge in [0.25, 0.3) is 0 Å². The van der Waals surface area contributed by atoms with Crippen molar-refractivity contribution in [2.75, 3.05) is 0 Å². The molecule has 0 aliphatic carbocycles. The van der Waals surface area contributed by atoms with E-state index in [1.165, 1.54) is 6.20 Å². The number of carboxylic acid groups (broad SMARTS) is 1. The van der Waals surface area contributed by atoms with Gasteiger partial charge in [-0.05, 0) is 19.4 Å². The van der Waals surface area contributed by atoms with Gasteiger partial charge < -0.3 is 5.11 Å². The van der Waals surface area contributed by atoms with E-state index in [4.69, 9.17) is 5.11 Å². The van der Waals surface area contributed by atoms with E-state index >= 15 is 0 Å². The summed E-state index contributed by atoms with van der Waals surface area (Å²) in [6, 6.07) is 0. The highest BCUT2D eigenvalue weighted by atomic mass is 16.4. The molecule has 0 aromatic heterocycles. The Morgan fingerprint density at radius 2 is 2.33 bits per heavy atom. The van der Waals surface area contributed by atoms with Gasteiger partial charge in [-0.3, -0.25) is 9.79 Å². The van der Waals surface area contributed by atoms with Crippen LogP contribution in [0, 0.1) is 0 Å². The van der Waals surface area contributed by atoms with Crippen LogP contribution in [0.15, 0.2) is 29.9 Å². The molecule has 1 N–H and O–H groups in total. The summed E-state index contributed by atoms with van der Waals surface area (Å²) in [6.45, 7) is 5.27. The van der Waals surface area contributed by atoms with Gasteiger partial charge in [-0.25, -0.2) is 0 Å². The van der Waals surface area contributed by atoms with Crippen molar-refractivity contribution in [3.05, 3.63) is 24.9 Å². The first-order chi connectivity index (χ1) is 5.66. The number of aliphatic imine (C=N–C) groups is 1. The predicted octanol–water partition coefficient (Wildman–Crippen LogP) is 2.01. The summed E-state index contributed by atoms with van der Waals surface area (Å²) in [5.41, 5.74) is 0.829. The fourth-order valence-corrected chi connectivity index (χ4v) is 0.648. The fraction of sp³-hybridized carbons (Fsp3) is 0.333. The predicted molar refractivity (Wildman–Crippen MR) is 49.3 cm³/mol. The molecule has 0 saturated heterocycles. The molecule has 3 heteroatoms. The molecule has 3 nitrogen and oxygen atoms in total. The van der Waals surface area contributed by atoms with E-state index in [2.05, 4.69) is 11.6 Å². The molecule has 0 aromatic carbocycles. The number of nitrogens with zero attached hydrogens (tertiary/aromatic N) is 1. The summed E-state index contributed by atoms with van der Waals surface area (Å²) in [4.78, 5) is 14.0. The van der Waals surface area contributed by atoms with Crippen molar-refractivity contribution in [1.82, 2.24) is 0 Å². The maximum atomic E-state index is 10.1. The van der Waals surface area contributed by atoms with Crippen LogP contribution in [0.5, 0.6) is 0 Å². The maximum absolute atomic E-state index is 10.1. The molecule has 0 radical (unpaired) electrons. The maximum Gasteiger partial charge on any atom is 0.303 e. The average molecular weight is 167 g/mol. The summed E-state index contributed by atoms with van der Waals surface area (Å²) in [5.74, 6) is -0.780. The summed E-state index contributed by atoms with van der Waals surface area (Å²) in [5, 5.41) is 8.30. The normalized spacial score (nSPS) is 11.9. The summed E-state index contributed by atoms with van der Waals surface area (Å²) in [7, 11) is 0. The lowest BCUT2D eigenvalue weighted by Gasteiger charge is -1.88. The van der Waals surface area contributed by atoms with Crippen LogP contribution >= 0.6 is 0 Å². The lowest BCUT2D eigenvalue weighted by atomic mass is 10.2. The highest BCUT2D eigenvalue weighted by molar-refractivity contribution is 5.93. The quantitative estimate of drug-likeness (QED) is 0.637. The second-order valence-electron chi connectivity index (χ2n) is 2.29. The zero-order valence-electron chi connectivity index (χ0n) is 7.16. The standard InChI is InChI=1S/C9H13NO2/c1-3-10-8(2)6-4-5-7-9(11)12/h3-4,6H,1,5,7H2,2H3,(H,11,12)/b6-4-,10-8?. The number of carbonyl (C=O) groups is 1. The second kappa shape index (κ2) is 6.34. The Morgan fingerprint density at radius 3 is 2.83 bits per heavy atom. The van der Waals surface area contributed by atoms with Crippen LogP contribution in [-0.4, -0.2) is 16.8 Å². The molecule has 0 amide bonds. The zero-order chi connectivity index (χ0) is 9.40. The van der Waals surface area contributed by atoms with Gasteiger partial charge in [-0.1, -0.05) is 12.7 Å². The molecular weight excluding hydrogens is 154 g/mol. The van der Waals surface area contributed by atoms with Gasteiger partial charge in [0.2, 0.25) is 0 Å². The molecule has 0 fully saturated rings. The van der Waals surface area contributed by atoms with Gasteiger partial charge in [-0.15, -0.1) is 0 Å².